The van der Waals surface area contributed by atoms with E-state index < -0.39 is 0 Å². The van der Waals surface area contributed by atoms with Gasteiger partial charge in [-0.2, -0.15) is 0 Å². The van der Waals surface area contributed by atoms with Crippen LogP contribution in [0.15, 0.2) is 18.2 Å². The van der Waals surface area contributed by atoms with Crippen molar-refractivity contribution < 1.29 is 0 Å². The van der Waals surface area contributed by atoms with Gasteiger partial charge >= 0.3 is 0 Å². The minimum atomic E-state index is 0.325. The molecule has 0 bridgehead atoms. The Morgan fingerprint density at radius 3 is 2.54 bits per heavy atom. The van der Waals surface area contributed by atoms with Gasteiger partial charge in [0.15, 0.2) is 0 Å². The van der Waals surface area contributed by atoms with Gasteiger partial charge in [0.1, 0.15) is 0 Å². The van der Waals surface area contributed by atoms with Crippen molar-refractivity contribution in [2.45, 2.75) is 38.2 Å². The minimum Gasteiger partial charge on any atom is -0.257 e. The first kappa shape index (κ1) is 10.6. The van der Waals surface area contributed by atoms with Crippen LogP contribution in [0.1, 0.15) is 32.2 Å². The zero-order valence-electron chi connectivity index (χ0n) is 8.79. The number of hydrogen-bond acceptors (Lipinski definition) is 2. The van der Waals surface area contributed by atoms with Gasteiger partial charge in [-0.15, -0.1) is 11.8 Å². The lowest BCUT2D eigenvalue weighted by molar-refractivity contribution is 0.801. The molecule has 1 aromatic heterocycles. The molecule has 0 saturated heterocycles. The predicted octanol–water partition coefficient (Wildman–Crippen LogP) is 3.42. The average molecular weight is 195 g/mol. The van der Waals surface area contributed by atoms with Gasteiger partial charge in [-0.05, 0) is 19.1 Å². The van der Waals surface area contributed by atoms with Crippen molar-refractivity contribution >= 4 is 11.8 Å². The van der Waals surface area contributed by atoms with E-state index >= 15 is 0 Å². The molecular weight excluding hydrogens is 178 g/mol. The first-order valence-electron chi connectivity index (χ1n) is 4.54. The maximum absolute atomic E-state index is 4.46. The molecular formula is C11H17NS. The number of aryl methyl sites for hydroxylation is 1. The summed E-state index contributed by atoms with van der Waals surface area (Å²) in [5, 5.41) is 0. The maximum Gasteiger partial charge on any atom is 0.0505 e. The zero-order chi connectivity index (χ0) is 9.90. The van der Waals surface area contributed by atoms with Crippen LogP contribution in [0.5, 0.6) is 0 Å². The summed E-state index contributed by atoms with van der Waals surface area (Å²) in [5.74, 6) is 1.01. The van der Waals surface area contributed by atoms with Gasteiger partial charge in [-0.3, -0.25) is 4.98 Å². The van der Waals surface area contributed by atoms with E-state index in [1.54, 1.807) is 0 Å². The van der Waals surface area contributed by atoms with Crippen LogP contribution >= 0.6 is 11.8 Å². The number of pyridine rings is 1. The van der Waals surface area contributed by atoms with E-state index in [0.717, 1.165) is 11.4 Å². The number of rotatable bonds is 2. The molecule has 1 rings (SSSR count). The molecule has 1 heterocycles. The Bertz CT molecular complexity index is 276. The molecule has 0 atom stereocenters. The molecule has 0 aliphatic heterocycles. The lowest BCUT2D eigenvalue weighted by Gasteiger charge is -2.16. The molecule has 0 spiro atoms. The highest BCUT2D eigenvalue weighted by molar-refractivity contribution is 7.99. The van der Waals surface area contributed by atoms with Gasteiger partial charge in [0, 0.05) is 16.2 Å². The third-order valence-electron chi connectivity index (χ3n) is 1.60. The second-order valence-electron chi connectivity index (χ2n) is 4.17. The van der Waals surface area contributed by atoms with Crippen molar-refractivity contribution in [2.24, 2.45) is 0 Å². The molecule has 1 nitrogen and oxygen atoms in total. The fourth-order valence-corrected chi connectivity index (χ4v) is 1.71. The van der Waals surface area contributed by atoms with E-state index in [-0.39, 0.29) is 0 Å². The maximum atomic E-state index is 4.46. The highest BCUT2D eigenvalue weighted by Crippen LogP contribution is 2.26. The number of thioether (sulfide) groups is 1. The Morgan fingerprint density at radius 2 is 2.00 bits per heavy atom. The molecule has 0 radical (unpaired) electrons. The first-order valence-corrected chi connectivity index (χ1v) is 5.52. The van der Waals surface area contributed by atoms with Crippen LogP contribution in [0, 0.1) is 6.92 Å². The zero-order valence-corrected chi connectivity index (χ0v) is 9.61. The van der Waals surface area contributed by atoms with Crippen molar-refractivity contribution in [1.29, 1.82) is 0 Å². The van der Waals surface area contributed by atoms with E-state index in [0.29, 0.717) is 4.75 Å². The Labute approximate surface area is 85.0 Å². The lowest BCUT2D eigenvalue weighted by atomic mass is 10.3. The molecule has 72 valence electrons. The Kier molecular flexibility index (Phi) is 3.37. The fraction of sp³-hybridized carbons (Fsp3) is 0.545. The second-order valence-corrected chi connectivity index (χ2v) is 5.97. The van der Waals surface area contributed by atoms with Crippen molar-refractivity contribution in [3.05, 3.63) is 29.6 Å². The largest absolute Gasteiger partial charge is 0.257 e. The molecule has 0 aromatic carbocycles. The van der Waals surface area contributed by atoms with Crippen LogP contribution in [0.3, 0.4) is 0 Å². The average Bonchev–Trinajstić information content (AvgIpc) is 2.00. The molecule has 0 fully saturated rings. The van der Waals surface area contributed by atoms with Crippen molar-refractivity contribution in [1.82, 2.24) is 4.98 Å². The van der Waals surface area contributed by atoms with Crippen molar-refractivity contribution in [3.63, 3.8) is 0 Å². The third kappa shape index (κ3) is 4.32. The van der Waals surface area contributed by atoms with E-state index in [1.165, 1.54) is 5.69 Å². The predicted molar refractivity (Wildman–Crippen MR) is 60.0 cm³/mol. The number of aromatic nitrogens is 1. The van der Waals surface area contributed by atoms with Crippen LogP contribution < -0.4 is 0 Å². The highest BCUT2D eigenvalue weighted by Gasteiger charge is 2.10. The van der Waals surface area contributed by atoms with E-state index in [1.807, 2.05) is 24.8 Å². The summed E-state index contributed by atoms with van der Waals surface area (Å²) in [6.45, 7) is 8.72. The Hall–Kier alpha value is -0.500. The molecule has 2 heteroatoms. The summed E-state index contributed by atoms with van der Waals surface area (Å²) in [4.78, 5) is 4.46. The van der Waals surface area contributed by atoms with Gasteiger partial charge in [-0.1, -0.05) is 26.8 Å². The molecule has 0 amide bonds. The molecule has 0 aliphatic rings. The van der Waals surface area contributed by atoms with E-state index in [2.05, 4.69) is 37.9 Å². The monoisotopic (exact) mass is 195 g/mol. The number of hydrogen-bond donors (Lipinski definition) is 0. The lowest BCUT2D eigenvalue weighted by Crippen LogP contribution is -2.07. The van der Waals surface area contributed by atoms with Crippen LogP contribution in [0.25, 0.3) is 0 Å². The number of nitrogens with zero attached hydrogens (tertiary/aromatic N) is 1. The Morgan fingerprint density at radius 1 is 1.31 bits per heavy atom. The van der Waals surface area contributed by atoms with Gasteiger partial charge in [0.2, 0.25) is 0 Å². The van der Waals surface area contributed by atoms with Crippen LogP contribution in [0.4, 0.5) is 0 Å². The molecule has 13 heavy (non-hydrogen) atoms. The summed E-state index contributed by atoms with van der Waals surface area (Å²) < 4.78 is 0.325. The fourth-order valence-electron chi connectivity index (χ4n) is 0.970. The smallest absolute Gasteiger partial charge is 0.0505 e. The van der Waals surface area contributed by atoms with Gasteiger partial charge in [0.25, 0.3) is 0 Å². The Balaban J connectivity index is 2.55. The topological polar surface area (TPSA) is 12.9 Å². The van der Waals surface area contributed by atoms with E-state index in [9.17, 15) is 0 Å². The second kappa shape index (κ2) is 4.14. The quantitative estimate of drug-likeness (QED) is 0.717. The summed E-state index contributed by atoms with van der Waals surface area (Å²) >= 11 is 1.93. The molecule has 1 aromatic rings. The minimum absolute atomic E-state index is 0.325. The standard InChI is InChI=1S/C11H17NS/c1-9-6-5-7-10(12-9)8-13-11(2,3)4/h5-7H,8H2,1-4H3. The molecule has 0 unspecified atom stereocenters. The summed E-state index contributed by atoms with van der Waals surface area (Å²) in [6.07, 6.45) is 0. The van der Waals surface area contributed by atoms with Crippen LogP contribution in [-0.2, 0) is 5.75 Å². The van der Waals surface area contributed by atoms with E-state index in [4.69, 9.17) is 0 Å². The normalized spacial score (nSPS) is 11.7. The van der Waals surface area contributed by atoms with Gasteiger partial charge in [0.05, 0.1) is 5.69 Å². The molecule has 0 saturated carbocycles. The molecule has 0 aliphatic carbocycles. The van der Waals surface area contributed by atoms with Crippen molar-refractivity contribution in [3.8, 4) is 0 Å². The summed E-state index contributed by atoms with van der Waals surface area (Å²) in [6, 6.07) is 6.19. The highest BCUT2D eigenvalue weighted by atomic mass is 32.2. The van der Waals surface area contributed by atoms with Crippen LogP contribution in [-0.4, -0.2) is 9.73 Å². The van der Waals surface area contributed by atoms with Gasteiger partial charge < -0.3 is 0 Å². The SMILES string of the molecule is Cc1cccc(CSC(C)(C)C)n1. The van der Waals surface area contributed by atoms with Crippen LogP contribution in [0.2, 0.25) is 0 Å². The first-order chi connectivity index (χ1) is 5.97. The van der Waals surface area contributed by atoms with Gasteiger partial charge in [-0.25, -0.2) is 0 Å². The summed E-state index contributed by atoms with van der Waals surface area (Å²) in [7, 11) is 0. The van der Waals surface area contributed by atoms with Crippen molar-refractivity contribution in [2.75, 3.05) is 0 Å². The third-order valence-corrected chi connectivity index (χ3v) is 2.91. The molecule has 0 N–H and O–H groups in total. The summed E-state index contributed by atoms with van der Waals surface area (Å²) in [5.41, 5.74) is 2.28.